The average Bonchev–Trinajstić information content (AvgIpc) is 3.44. The fourth-order valence-electron chi connectivity index (χ4n) is 2.98. The van der Waals surface area contributed by atoms with Crippen molar-refractivity contribution < 1.29 is 14.3 Å². The average molecular weight is 436 g/mol. The summed E-state index contributed by atoms with van der Waals surface area (Å²) in [5.41, 5.74) is 1.03. The van der Waals surface area contributed by atoms with Crippen molar-refractivity contribution in [3.8, 4) is 0 Å². The second kappa shape index (κ2) is 10.0. The van der Waals surface area contributed by atoms with E-state index in [1.54, 1.807) is 35.8 Å². The maximum absolute atomic E-state index is 12.0. The van der Waals surface area contributed by atoms with Crippen LogP contribution in [0.4, 0.5) is 5.13 Å². The second-order valence-corrected chi connectivity index (χ2v) is 8.48. The molecule has 1 amide bonds. The molecule has 0 saturated heterocycles. The fourth-order valence-corrected chi connectivity index (χ4v) is 4.18. The molecule has 2 heterocycles. The first kappa shape index (κ1) is 21.5. The van der Waals surface area contributed by atoms with Crippen molar-refractivity contribution in [1.29, 1.82) is 0 Å². The van der Waals surface area contributed by atoms with E-state index in [9.17, 15) is 9.59 Å². The van der Waals surface area contributed by atoms with Crippen molar-refractivity contribution in [3.63, 3.8) is 0 Å². The standard InChI is InChI=1S/C19H25N5O3S2/c1-3-27-17(26)8-10-22(12-15-5-4-9-20-11-15)13-23-19(28)29-18(21-23)24(14(2)25)16-6-7-16/h4-5,9,11,16H,3,6-8,10,12-13H2,1-2H3. The molecule has 3 rings (SSSR count). The maximum Gasteiger partial charge on any atom is 0.307 e. The number of anilines is 1. The third-order valence-corrected chi connectivity index (χ3v) is 5.76. The zero-order valence-corrected chi connectivity index (χ0v) is 18.2. The van der Waals surface area contributed by atoms with E-state index < -0.39 is 0 Å². The molecule has 0 aliphatic heterocycles. The Labute approximate surface area is 179 Å². The van der Waals surface area contributed by atoms with Gasteiger partial charge in [-0.05, 0) is 43.6 Å². The molecule has 0 bridgehead atoms. The molecule has 10 heteroatoms. The topological polar surface area (TPSA) is 80.6 Å². The van der Waals surface area contributed by atoms with Crippen LogP contribution in [0.1, 0.15) is 38.7 Å². The summed E-state index contributed by atoms with van der Waals surface area (Å²) in [7, 11) is 0. The van der Waals surface area contributed by atoms with Crippen molar-refractivity contribution in [2.24, 2.45) is 0 Å². The van der Waals surface area contributed by atoms with Gasteiger partial charge in [0, 0.05) is 38.4 Å². The van der Waals surface area contributed by atoms with Gasteiger partial charge in [-0.2, -0.15) is 0 Å². The van der Waals surface area contributed by atoms with Crippen LogP contribution in [0, 0.1) is 3.95 Å². The normalized spacial score (nSPS) is 13.5. The Balaban J connectivity index is 1.74. The lowest BCUT2D eigenvalue weighted by atomic mass is 10.2. The number of aromatic nitrogens is 3. The SMILES string of the molecule is CCOC(=O)CCN(Cc1cccnc1)Cn1nc(N(C(C)=O)C2CC2)sc1=S. The second-order valence-electron chi connectivity index (χ2n) is 6.88. The number of amides is 1. The first-order chi connectivity index (χ1) is 14.0. The van der Waals surface area contributed by atoms with E-state index in [0.29, 0.717) is 35.5 Å². The van der Waals surface area contributed by atoms with Gasteiger partial charge in [0.25, 0.3) is 0 Å². The molecule has 0 atom stereocenters. The molecule has 0 aromatic carbocycles. The van der Waals surface area contributed by atoms with Crippen LogP contribution >= 0.6 is 23.6 Å². The van der Waals surface area contributed by atoms with Crippen molar-refractivity contribution in [3.05, 3.63) is 34.0 Å². The van der Waals surface area contributed by atoms with E-state index in [0.717, 1.165) is 18.4 Å². The smallest absolute Gasteiger partial charge is 0.307 e. The van der Waals surface area contributed by atoms with Gasteiger partial charge >= 0.3 is 5.97 Å². The summed E-state index contributed by atoms with van der Waals surface area (Å²) in [5, 5.41) is 5.24. The van der Waals surface area contributed by atoms with Crippen LogP contribution in [0.15, 0.2) is 24.5 Å². The quantitative estimate of drug-likeness (QED) is 0.419. The summed E-state index contributed by atoms with van der Waals surface area (Å²) in [5.74, 6) is -0.249. The number of carbonyl (C=O) groups is 2. The molecule has 156 valence electrons. The van der Waals surface area contributed by atoms with Crippen LogP contribution < -0.4 is 4.90 Å². The first-order valence-electron chi connectivity index (χ1n) is 9.62. The molecular weight excluding hydrogens is 410 g/mol. The third kappa shape index (κ3) is 6.15. The highest BCUT2D eigenvalue weighted by atomic mass is 32.1. The molecule has 2 aromatic rings. The van der Waals surface area contributed by atoms with Gasteiger partial charge in [0.15, 0.2) is 3.95 Å². The van der Waals surface area contributed by atoms with Crippen molar-refractivity contribution >= 4 is 40.6 Å². The molecule has 0 spiro atoms. The van der Waals surface area contributed by atoms with Gasteiger partial charge in [0.2, 0.25) is 11.0 Å². The molecule has 0 radical (unpaired) electrons. The Kier molecular flexibility index (Phi) is 7.45. The fraction of sp³-hybridized carbons (Fsp3) is 0.526. The lowest BCUT2D eigenvalue weighted by molar-refractivity contribution is -0.143. The lowest BCUT2D eigenvalue weighted by Gasteiger charge is -2.22. The van der Waals surface area contributed by atoms with Gasteiger partial charge in [-0.25, -0.2) is 4.68 Å². The van der Waals surface area contributed by atoms with Crippen LogP contribution in [0.25, 0.3) is 0 Å². The summed E-state index contributed by atoms with van der Waals surface area (Å²) < 4.78 is 7.36. The molecule has 1 aliphatic carbocycles. The van der Waals surface area contributed by atoms with E-state index >= 15 is 0 Å². The minimum Gasteiger partial charge on any atom is -0.466 e. The summed E-state index contributed by atoms with van der Waals surface area (Å²) in [6, 6.07) is 4.10. The summed E-state index contributed by atoms with van der Waals surface area (Å²) >= 11 is 6.84. The van der Waals surface area contributed by atoms with Gasteiger partial charge in [-0.3, -0.25) is 24.4 Å². The lowest BCUT2D eigenvalue weighted by Crippen LogP contribution is -2.32. The number of pyridine rings is 1. The van der Waals surface area contributed by atoms with Crippen LogP contribution in [-0.4, -0.2) is 50.7 Å². The van der Waals surface area contributed by atoms with Gasteiger partial charge in [-0.15, -0.1) is 5.10 Å². The monoisotopic (exact) mass is 435 g/mol. The van der Waals surface area contributed by atoms with Crippen LogP contribution in [0.5, 0.6) is 0 Å². The number of rotatable bonds is 10. The first-order valence-corrected chi connectivity index (χ1v) is 10.8. The molecule has 1 saturated carbocycles. The largest absolute Gasteiger partial charge is 0.466 e. The summed E-state index contributed by atoms with van der Waals surface area (Å²) in [6.45, 7) is 5.23. The van der Waals surface area contributed by atoms with Crippen molar-refractivity contribution in [2.75, 3.05) is 18.1 Å². The van der Waals surface area contributed by atoms with Crippen LogP contribution in [0.2, 0.25) is 0 Å². The summed E-state index contributed by atoms with van der Waals surface area (Å²) in [6.07, 6.45) is 5.80. The van der Waals surface area contributed by atoms with Crippen LogP contribution in [0.3, 0.4) is 0 Å². The Morgan fingerprint density at radius 3 is 2.83 bits per heavy atom. The highest BCUT2D eigenvalue weighted by Gasteiger charge is 2.34. The molecule has 1 aliphatic rings. The highest BCUT2D eigenvalue weighted by molar-refractivity contribution is 7.73. The maximum atomic E-state index is 12.0. The Morgan fingerprint density at radius 2 is 2.21 bits per heavy atom. The highest BCUT2D eigenvalue weighted by Crippen LogP contribution is 2.33. The molecule has 29 heavy (non-hydrogen) atoms. The molecule has 1 fully saturated rings. The van der Waals surface area contributed by atoms with E-state index in [1.165, 1.54) is 11.3 Å². The minimum absolute atomic E-state index is 0.0158. The Morgan fingerprint density at radius 1 is 1.41 bits per heavy atom. The predicted octanol–water partition coefficient (Wildman–Crippen LogP) is 3.00. The molecule has 0 N–H and O–H groups in total. The Hall–Kier alpha value is -2.17. The van der Waals surface area contributed by atoms with Gasteiger partial charge in [-0.1, -0.05) is 17.4 Å². The number of esters is 1. The number of carbonyl (C=O) groups excluding carboxylic acids is 2. The predicted molar refractivity (Wildman–Crippen MR) is 113 cm³/mol. The van der Waals surface area contributed by atoms with Gasteiger partial charge in [0.1, 0.15) is 0 Å². The number of hydrogen-bond acceptors (Lipinski definition) is 8. The number of nitrogens with zero attached hydrogens (tertiary/aromatic N) is 5. The van der Waals surface area contributed by atoms with E-state index in [-0.39, 0.29) is 24.3 Å². The molecular formula is C19H25N5O3S2. The summed E-state index contributed by atoms with van der Waals surface area (Å²) in [4.78, 5) is 31.8. The van der Waals surface area contributed by atoms with Crippen molar-refractivity contribution in [2.45, 2.75) is 52.4 Å². The van der Waals surface area contributed by atoms with Crippen LogP contribution in [-0.2, 0) is 27.5 Å². The van der Waals surface area contributed by atoms with Gasteiger partial charge in [0.05, 0.1) is 19.7 Å². The van der Waals surface area contributed by atoms with E-state index in [1.807, 2.05) is 12.1 Å². The minimum atomic E-state index is -0.234. The number of hydrogen-bond donors (Lipinski definition) is 0. The zero-order chi connectivity index (χ0) is 20.8. The van der Waals surface area contributed by atoms with E-state index in [4.69, 9.17) is 17.0 Å². The zero-order valence-electron chi connectivity index (χ0n) is 16.6. The molecule has 0 unspecified atom stereocenters. The third-order valence-electron chi connectivity index (χ3n) is 4.45. The molecule has 2 aromatic heterocycles. The molecule has 8 nitrogen and oxygen atoms in total. The van der Waals surface area contributed by atoms with E-state index in [2.05, 4.69) is 15.0 Å². The van der Waals surface area contributed by atoms with Crippen molar-refractivity contribution in [1.82, 2.24) is 19.7 Å². The Bertz CT molecular complexity index is 895. The number of ether oxygens (including phenoxy) is 1. The van der Waals surface area contributed by atoms with Gasteiger partial charge < -0.3 is 4.74 Å².